The maximum atomic E-state index is 12.7. The zero-order valence-corrected chi connectivity index (χ0v) is 26.7. The summed E-state index contributed by atoms with van der Waals surface area (Å²) in [4.78, 5) is 40.8. The summed E-state index contributed by atoms with van der Waals surface area (Å²) in [5.41, 5.74) is 10.6. The Kier molecular flexibility index (Phi) is 10.8. The van der Waals surface area contributed by atoms with Crippen LogP contribution in [0.4, 0.5) is 16.4 Å². The quantitative estimate of drug-likeness (QED) is 0.150. The van der Waals surface area contributed by atoms with E-state index in [9.17, 15) is 9.59 Å². The number of alkyl carbamates (subject to hydrolysis) is 1. The Morgan fingerprint density at radius 1 is 0.979 bits per heavy atom. The molecule has 0 spiro atoms. The monoisotopic (exact) mass is 651 g/mol. The smallest absolute Gasteiger partial charge is 0.407 e. The van der Waals surface area contributed by atoms with Crippen molar-refractivity contribution in [3.8, 4) is 5.88 Å². The van der Waals surface area contributed by atoms with Gasteiger partial charge in [-0.05, 0) is 46.5 Å². The van der Waals surface area contributed by atoms with E-state index < -0.39 is 6.09 Å². The number of ether oxygens (including phenoxy) is 2. The van der Waals surface area contributed by atoms with Gasteiger partial charge in [-0.15, -0.1) is 0 Å². The number of nitrogens with one attached hydrogen (secondary N) is 1. The number of likely N-dealkylation sites (N-methyl/N-ethyl adjacent to an activating group) is 2. The Morgan fingerprint density at radius 3 is 2.43 bits per heavy atom. The van der Waals surface area contributed by atoms with E-state index in [1.54, 1.807) is 13.1 Å². The summed E-state index contributed by atoms with van der Waals surface area (Å²) in [6.07, 6.45) is 5.03. The van der Waals surface area contributed by atoms with Crippen LogP contribution in [0.2, 0.25) is 5.15 Å². The summed E-state index contributed by atoms with van der Waals surface area (Å²) < 4.78 is 11.0. The molecule has 47 heavy (non-hydrogen) atoms. The van der Waals surface area contributed by atoms with Gasteiger partial charge in [0.25, 0.3) is 5.91 Å². The number of hydrogen-bond donors (Lipinski definition) is 2. The van der Waals surface area contributed by atoms with Gasteiger partial charge in [-0.3, -0.25) is 9.69 Å². The van der Waals surface area contributed by atoms with Crippen LogP contribution in [0.3, 0.4) is 0 Å². The maximum absolute atomic E-state index is 12.7. The lowest BCUT2D eigenvalue weighted by Gasteiger charge is -2.19. The molecule has 0 saturated heterocycles. The number of amides is 2. The fraction of sp³-hybridized carbons (Fsp3) is 0.171. The highest BCUT2D eigenvalue weighted by Crippen LogP contribution is 2.21. The number of anilines is 2. The number of aliphatic imine (C=N–C) groups is 1. The molecule has 0 bridgehead atoms. The van der Waals surface area contributed by atoms with Crippen molar-refractivity contribution in [2.24, 2.45) is 4.99 Å². The van der Waals surface area contributed by atoms with E-state index in [4.69, 9.17) is 26.8 Å². The van der Waals surface area contributed by atoms with Gasteiger partial charge in [0.2, 0.25) is 11.8 Å². The first kappa shape index (κ1) is 32.7. The standard InChI is InChI=1S/C35H34ClN7O4/c1-42(18-19-46-35(45)38-22-26-8-10-27(11-9-26)23-47-32-21-30(36)40-34(37)41-32)28-15-12-25(13-16-28)20-29-33(44)43(2)31(39-29)17-14-24-6-4-3-5-7-24/h3-17,20-21H,18-19,22-23H2,1-2H3,(H,38,45)(H2,37,40,41)/b17-14+,29-20-. The number of nitrogen functional groups attached to an aromatic ring is 1. The summed E-state index contributed by atoms with van der Waals surface area (Å²) >= 11 is 5.87. The highest BCUT2D eigenvalue weighted by atomic mass is 35.5. The molecule has 0 atom stereocenters. The number of nitrogens with zero attached hydrogens (tertiary/aromatic N) is 5. The number of halogens is 1. The maximum Gasteiger partial charge on any atom is 0.407 e. The average molecular weight is 652 g/mol. The number of benzene rings is 3. The third-order valence-corrected chi connectivity index (χ3v) is 7.35. The minimum Gasteiger partial charge on any atom is -0.473 e. The van der Waals surface area contributed by atoms with Crippen molar-refractivity contribution in [1.82, 2.24) is 20.2 Å². The number of amidine groups is 1. The van der Waals surface area contributed by atoms with Crippen molar-refractivity contribution in [3.05, 3.63) is 124 Å². The van der Waals surface area contributed by atoms with Crippen molar-refractivity contribution in [1.29, 1.82) is 0 Å². The summed E-state index contributed by atoms with van der Waals surface area (Å²) in [7, 11) is 3.63. The fourth-order valence-corrected chi connectivity index (χ4v) is 4.69. The molecule has 1 aromatic heterocycles. The summed E-state index contributed by atoms with van der Waals surface area (Å²) in [6.45, 7) is 1.29. The van der Waals surface area contributed by atoms with Gasteiger partial charge in [-0.25, -0.2) is 14.8 Å². The Bertz CT molecular complexity index is 1770. The van der Waals surface area contributed by atoms with Crippen molar-refractivity contribution < 1.29 is 19.1 Å². The number of carbonyl (C=O) groups excluding carboxylic acids is 2. The number of rotatable bonds is 12. The highest BCUT2D eigenvalue weighted by molar-refractivity contribution is 6.29. The Hall–Kier alpha value is -5.68. The summed E-state index contributed by atoms with van der Waals surface area (Å²) in [6, 6.07) is 26.7. The van der Waals surface area contributed by atoms with Gasteiger partial charge < -0.3 is 25.4 Å². The van der Waals surface area contributed by atoms with Gasteiger partial charge in [0.1, 0.15) is 29.9 Å². The first-order valence-corrected chi connectivity index (χ1v) is 15.2. The minimum atomic E-state index is -0.504. The lowest BCUT2D eigenvalue weighted by molar-refractivity contribution is -0.121. The predicted octanol–water partition coefficient (Wildman–Crippen LogP) is 5.58. The molecule has 11 nitrogen and oxygen atoms in total. The zero-order chi connectivity index (χ0) is 33.2. The van der Waals surface area contributed by atoms with Crippen LogP contribution in [0.25, 0.3) is 12.2 Å². The minimum absolute atomic E-state index is 0.0420. The molecule has 3 aromatic carbocycles. The Morgan fingerprint density at radius 2 is 1.70 bits per heavy atom. The van der Waals surface area contributed by atoms with E-state index in [0.29, 0.717) is 30.5 Å². The molecular weight excluding hydrogens is 618 g/mol. The molecule has 3 N–H and O–H groups in total. The van der Waals surface area contributed by atoms with Crippen molar-refractivity contribution in [3.63, 3.8) is 0 Å². The first-order chi connectivity index (χ1) is 22.7. The predicted molar refractivity (Wildman–Crippen MR) is 184 cm³/mol. The molecule has 0 saturated carbocycles. The van der Waals surface area contributed by atoms with Crippen molar-refractivity contribution in [2.75, 3.05) is 37.9 Å². The molecule has 0 radical (unpaired) electrons. The largest absolute Gasteiger partial charge is 0.473 e. The van der Waals surface area contributed by atoms with Crippen LogP contribution in [0.15, 0.2) is 102 Å². The van der Waals surface area contributed by atoms with Crippen LogP contribution in [-0.4, -0.2) is 60.0 Å². The summed E-state index contributed by atoms with van der Waals surface area (Å²) in [5.74, 6) is 0.759. The molecule has 1 aliphatic heterocycles. The van der Waals surface area contributed by atoms with Gasteiger partial charge >= 0.3 is 6.09 Å². The van der Waals surface area contributed by atoms with Crippen LogP contribution in [0, 0.1) is 0 Å². The molecule has 0 fully saturated rings. The molecule has 4 aromatic rings. The number of carbonyl (C=O) groups is 2. The first-order valence-electron chi connectivity index (χ1n) is 14.8. The van der Waals surface area contributed by atoms with Crippen molar-refractivity contribution in [2.45, 2.75) is 13.2 Å². The SMILES string of the molecule is CN1C(=O)/C(=C/c2ccc(N(C)CCOC(=O)NCc3ccc(COc4cc(Cl)nc(N)n4)cc3)cc2)N=C1/C=C/c1ccccc1. The Balaban J connectivity index is 1.04. The Labute approximate surface area is 278 Å². The van der Waals surface area contributed by atoms with Crippen LogP contribution in [-0.2, 0) is 22.7 Å². The van der Waals surface area contributed by atoms with E-state index in [-0.39, 0.29) is 30.2 Å². The molecule has 12 heteroatoms. The molecule has 2 heterocycles. The second kappa shape index (κ2) is 15.5. The van der Waals surface area contributed by atoms with E-state index in [0.717, 1.165) is 27.9 Å². The molecular formula is C35H34ClN7O4. The van der Waals surface area contributed by atoms with E-state index in [1.807, 2.05) is 103 Å². The third kappa shape index (κ3) is 9.41. The van der Waals surface area contributed by atoms with Crippen molar-refractivity contribution >= 4 is 53.2 Å². The van der Waals surface area contributed by atoms with Gasteiger partial charge in [-0.1, -0.05) is 84.4 Å². The second-order valence-electron chi connectivity index (χ2n) is 10.6. The van der Waals surface area contributed by atoms with Gasteiger partial charge in [-0.2, -0.15) is 4.98 Å². The lowest BCUT2D eigenvalue weighted by Crippen LogP contribution is -2.28. The van der Waals surface area contributed by atoms with Crippen LogP contribution >= 0.6 is 11.6 Å². The molecule has 2 amide bonds. The number of nitrogens with two attached hydrogens (primary N) is 1. The van der Waals surface area contributed by atoms with E-state index >= 15 is 0 Å². The molecule has 5 rings (SSSR count). The molecule has 1 aliphatic rings. The van der Waals surface area contributed by atoms with Crippen LogP contribution < -0.4 is 20.7 Å². The molecule has 0 unspecified atom stereocenters. The van der Waals surface area contributed by atoms with Gasteiger partial charge in [0, 0.05) is 32.4 Å². The third-order valence-electron chi connectivity index (χ3n) is 7.16. The van der Waals surface area contributed by atoms with E-state index in [1.165, 1.54) is 11.0 Å². The van der Waals surface area contributed by atoms with Gasteiger partial charge in [0.05, 0.1) is 6.54 Å². The van der Waals surface area contributed by atoms with Gasteiger partial charge in [0.15, 0.2) is 0 Å². The normalized spacial score (nSPS) is 13.6. The van der Waals surface area contributed by atoms with E-state index in [2.05, 4.69) is 20.3 Å². The van der Waals surface area contributed by atoms with Crippen LogP contribution in [0.1, 0.15) is 22.3 Å². The number of aromatic nitrogens is 2. The highest BCUT2D eigenvalue weighted by Gasteiger charge is 2.25. The topological polar surface area (TPSA) is 135 Å². The zero-order valence-electron chi connectivity index (χ0n) is 26.0. The second-order valence-corrected chi connectivity index (χ2v) is 11.0. The van der Waals surface area contributed by atoms with Crippen LogP contribution in [0.5, 0.6) is 5.88 Å². The lowest BCUT2D eigenvalue weighted by atomic mass is 10.1. The molecule has 240 valence electrons. The number of hydrogen-bond acceptors (Lipinski definition) is 9. The average Bonchev–Trinajstić information content (AvgIpc) is 3.34. The molecule has 0 aliphatic carbocycles. The fourth-order valence-electron chi connectivity index (χ4n) is 4.51. The summed E-state index contributed by atoms with van der Waals surface area (Å²) in [5, 5.41) is 2.97.